The van der Waals surface area contributed by atoms with Crippen molar-refractivity contribution in [1.29, 1.82) is 0 Å². The maximum absolute atomic E-state index is 11.2. The van der Waals surface area contributed by atoms with E-state index < -0.39 is 0 Å². The number of carbonyl (C=O) groups is 1. The fourth-order valence-electron chi connectivity index (χ4n) is 3.93. The summed E-state index contributed by atoms with van der Waals surface area (Å²) >= 11 is 1.66. The lowest BCUT2D eigenvalue weighted by atomic mass is 9.90. The number of aromatic nitrogens is 2. The second-order valence-electron chi connectivity index (χ2n) is 7.58. The van der Waals surface area contributed by atoms with Crippen LogP contribution in [0.1, 0.15) is 41.8 Å². The molecule has 4 rings (SSSR count). The van der Waals surface area contributed by atoms with Crippen molar-refractivity contribution < 1.29 is 4.79 Å². The van der Waals surface area contributed by atoms with Crippen LogP contribution in [0.4, 0.5) is 5.00 Å². The van der Waals surface area contributed by atoms with Gasteiger partial charge in [0.2, 0.25) is 5.91 Å². The lowest BCUT2D eigenvalue weighted by molar-refractivity contribution is -0.114. The topological polar surface area (TPSA) is 61.0 Å². The van der Waals surface area contributed by atoms with Gasteiger partial charge in [0.25, 0.3) is 0 Å². The predicted octanol–water partition coefficient (Wildman–Crippen LogP) is 4.78. The van der Waals surface area contributed by atoms with Gasteiger partial charge in [-0.2, -0.15) is 5.10 Å². The number of piperidine rings is 1. The molecule has 1 saturated heterocycles. The molecule has 0 spiro atoms. The molecule has 0 radical (unpaired) electrons. The lowest BCUT2D eigenvalue weighted by Gasteiger charge is -2.32. The van der Waals surface area contributed by atoms with Gasteiger partial charge < -0.3 is 5.32 Å². The van der Waals surface area contributed by atoms with Crippen LogP contribution in [0.2, 0.25) is 0 Å². The molecule has 1 aliphatic heterocycles. The molecule has 0 bridgehead atoms. The molecule has 2 N–H and O–H groups in total. The van der Waals surface area contributed by atoms with E-state index in [1.807, 2.05) is 12.3 Å². The zero-order chi connectivity index (χ0) is 19.5. The number of nitrogens with one attached hydrogen (secondary N) is 2. The van der Waals surface area contributed by atoms with Crippen LogP contribution in [0.25, 0.3) is 11.1 Å². The number of benzene rings is 1. The van der Waals surface area contributed by atoms with Crippen LogP contribution in [0.5, 0.6) is 0 Å². The molecule has 1 amide bonds. The van der Waals surface area contributed by atoms with E-state index in [-0.39, 0.29) is 5.91 Å². The summed E-state index contributed by atoms with van der Waals surface area (Å²) in [6.07, 6.45) is 4.32. The maximum Gasteiger partial charge on any atom is 0.221 e. The first-order valence-corrected chi connectivity index (χ1v) is 10.6. The van der Waals surface area contributed by atoms with Crippen LogP contribution in [-0.2, 0) is 11.3 Å². The Morgan fingerprint density at radius 1 is 1.29 bits per heavy atom. The van der Waals surface area contributed by atoms with Gasteiger partial charge in [0, 0.05) is 42.1 Å². The smallest absolute Gasteiger partial charge is 0.221 e. The van der Waals surface area contributed by atoms with Gasteiger partial charge in [-0.15, -0.1) is 11.3 Å². The van der Waals surface area contributed by atoms with Crippen molar-refractivity contribution in [2.75, 3.05) is 18.4 Å². The molecule has 0 saturated carbocycles. The molecule has 0 aliphatic carbocycles. The van der Waals surface area contributed by atoms with Crippen LogP contribution in [0, 0.1) is 6.92 Å². The van der Waals surface area contributed by atoms with E-state index in [1.54, 1.807) is 18.3 Å². The number of aromatic amines is 1. The molecule has 0 unspecified atom stereocenters. The summed E-state index contributed by atoms with van der Waals surface area (Å²) in [5.41, 5.74) is 4.96. The third kappa shape index (κ3) is 4.34. The molecule has 3 heterocycles. The summed E-state index contributed by atoms with van der Waals surface area (Å²) in [6.45, 7) is 6.71. The van der Waals surface area contributed by atoms with E-state index in [9.17, 15) is 4.79 Å². The second-order valence-corrected chi connectivity index (χ2v) is 8.75. The third-order valence-electron chi connectivity index (χ3n) is 5.29. The van der Waals surface area contributed by atoms with Crippen molar-refractivity contribution >= 4 is 22.2 Å². The Kier molecular flexibility index (Phi) is 5.59. The molecule has 146 valence electrons. The van der Waals surface area contributed by atoms with Gasteiger partial charge in [-0.3, -0.25) is 14.8 Å². The van der Waals surface area contributed by atoms with E-state index in [0.29, 0.717) is 5.92 Å². The second kappa shape index (κ2) is 8.29. The third-order valence-corrected chi connectivity index (χ3v) is 6.27. The van der Waals surface area contributed by atoms with Crippen LogP contribution in [0.3, 0.4) is 0 Å². The van der Waals surface area contributed by atoms with E-state index in [2.05, 4.69) is 57.7 Å². The largest absolute Gasteiger partial charge is 0.318 e. The Morgan fingerprint density at radius 3 is 2.89 bits per heavy atom. The molecule has 1 fully saturated rings. The van der Waals surface area contributed by atoms with Gasteiger partial charge in [-0.1, -0.05) is 29.8 Å². The number of hydrogen-bond acceptors (Lipinski definition) is 4. The number of nitrogens with zero attached hydrogens (tertiary/aromatic N) is 2. The minimum atomic E-state index is -0.0192. The molecular weight excluding hydrogens is 368 g/mol. The molecule has 1 aliphatic rings. The number of likely N-dealkylation sites (tertiary alicyclic amines) is 1. The van der Waals surface area contributed by atoms with Crippen molar-refractivity contribution in [3.05, 3.63) is 58.7 Å². The SMILES string of the molecule is CC(=O)Nc1ccc(CN2CCC[C@H](c3[nH]ncc3-c3ccc(C)cc3)C2)s1. The van der Waals surface area contributed by atoms with Crippen molar-refractivity contribution in [1.82, 2.24) is 15.1 Å². The fourth-order valence-corrected chi connectivity index (χ4v) is 4.93. The quantitative estimate of drug-likeness (QED) is 0.654. The number of amides is 1. The van der Waals surface area contributed by atoms with Gasteiger partial charge >= 0.3 is 0 Å². The molecule has 2 aromatic heterocycles. The molecule has 1 atom stereocenters. The van der Waals surface area contributed by atoms with E-state index in [4.69, 9.17) is 0 Å². The highest BCUT2D eigenvalue weighted by molar-refractivity contribution is 7.16. The predicted molar refractivity (Wildman–Crippen MR) is 115 cm³/mol. The zero-order valence-electron chi connectivity index (χ0n) is 16.4. The monoisotopic (exact) mass is 394 g/mol. The number of rotatable bonds is 5. The first-order valence-electron chi connectivity index (χ1n) is 9.77. The van der Waals surface area contributed by atoms with Gasteiger partial charge in [-0.25, -0.2) is 0 Å². The zero-order valence-corrected chi connectivity index (χ0v) is 17.2. The van der Waals surface area contributed by atoms with Gasteiger partial charge in [0.15, 0.2) is 0 Å². The van der Waals surface area contributed by atoms with Crippen molar-refractivity contribution in [2.45, 2.75) is 39.2 Å². The number of hydrogen-bond donors (Lipinski definition) is 2. The fraction of sp³-hybridized carbons (Fsp3) is 0.364. The normalized spacial score (nSPS) is 17.6. The summed E-state index contributed by atoms with van der Waals surface area (Å²) in [7, 11) is 0. The van der Waals surface area contributed by atoms with Gasteiger partial charge in [0.1, 0.15) is 0 Å². The Bertz CT molecular complexity index is 944. The van der Waals surface area contributed by atoms with Crippen LogP contribution >= 0.6 is 11.3 Å². The Labute approximate surface area is 169 Å². The summed E-state index contributed by atoms with van der Waals surface area (Å²) in [5.74, 6) is 0.441. The van der Waals surface area contributed by atoms with E-state index >= 15 is 0 Å². The van der Waals surface area contributed by atoms with E-state index in [0.717, 1.165) is 24.6 Å². The summed E-state index contributed by atoms with van der Waals surface area (Å²) in [6, 6.07) is 12.8. The van der Waals surface area contributed by atoms with Crippen molar-refractivity contribution in [3.8, 4) is 11.1 Å². The summed E-state index contributed by atoms with van der Waals surface area (Å²) in [4.78, 5) is 15.0. The molecular formula is C22H26N4OS. The first kappa shape index (κ1) is 18.9. The Balaban J connectivity index is 1.46. The highest BCUT2D eigenvalue weighted by Gasteiger charge is 2.25. The van der Waals surface area contributed by atoms with Crippen molar-refractivity contribution in [2.24, 2.45) is 0 Å². The molecule has 5 nitrogen and oxygen atoms in total. The van der Waals surface area contributed by atoms with Crippen LogP contribution < -0.4 is 5.32 Å². The van der Waals surface area contributed by atoms with Gasteiger partial charge in [-0.05, 0) is 44.0 Å². The Hall–Kier alpha value is -2.44. The maximum atomic E-state index is 11.2. The lowest BCUT2D eigenvalue weighted by Crippen LogP contribution is -2.34. The molecule has 3 aromatic rings. The van der Waals surface area contributed by atoms with Crippen LogP contribution in [0.15, 0.2) is 42.6 Å². The summed E-state index contributed by atoms with van der Waals surface area (Å²) < 4.78 is 0. The highest BCUT2D eigenvalue weighted by Crippen LogP contribution is 2.34. The number of anilines is 1. The average Bonchev–Trinajstić information content (AvgIpc) is 3.32. The van der Waals surface area contributed by atoms with Gasteiger partial charge in [0.05, 0.1) is 11.2 Å². The van der Waals surface area contributed by atoms with E-state index in [1.165, 1.54) is 40.1 Å². The number of thiophene rings is 1. The minimum Gasteiger partial charge on any atom is -0.318 e. The summed E-state index contributed by atoms with van der Waals surface area (Å²) in [5, 5.41) is 11.4. The number of carbonyl (C=O) groups excluding carboxylic acids is 1. The highest BCUT2D eigenvalue weighted by atomic mass is 32.1. The number of aryl methyl sites for hydroxylation is 1. The molecule has 28 heavy (non-hydrogen) atoms. The first-order chi connectivity index (χ1) is 13.6. The average molecular weight is 395 g/mol. The Morgan fingerprint density at radius 2 is 2.11 bits per heavy atom. The standard InChI is InChI=1S/C22H26N4OS/c1-15-5-7-17(8-6-15)20-12-23-25-22(20)18-4-3-11-26(13-18)14-19-9-10-21(28-19)24-16(2)27/h5-10,12,18H,3-4,11,13-14H2,1-2H3,(H,23,25)(H,24,27)/t18-/m0/s1. The minimum absolute atomic E-state index is 0.0192. The number of H-pyrrole nitrogens is 1. The molecule has 6 heteroatoms. The van der Waals surface area contributed by atoms with Crippen LogP contribution in [-0.4, -0.2) is 34.1 Å². The van der Waals surface area contributed by atoms with Crippen molar-refractivity contribution in [3.63, 3.8) is 0 Å². The molecule has 1 aromatic carbocycles.